The van der Waals surface area contributed by atoms with E-state index in [2.05, 4.69) is 10.3 Å². The number of hydrogen-bond acceptors (Lipinski definition) is 3. The largest absolute Gasteiger partial charge is 0.326 e. The van der Waals surface area contributed by atoms with Gasteiger partial charge in [0.1, 0.15) is 0 Å². The molecule has 0 fully saturated rings. The Labute approximate surface area is 114 Å². The molecule has 0 aliphatic rings. The van der Waals surface area contributed by atoms with Gasteiger partial charge in [0.05, 0.1) is 10.0 Å². The van der Waals surface area contributed by atoms with Crippen LogP contribution in [0.15, 0.2) is 41.4 Å². The first-order valence-corrected chi connectivity index (χ1v) is 6.50. The van der Waals surface area contributed by atoms with Crippen LogP contribution in [0.1, 0.15) is 11.8 Å². The molecule has 0 radical (unpaired) electrons. The van der Waals surface area contributed by atoms with Gasteiger partial charge < -0.3 is 5.32 Å². The van der Waals surface area contributed by atoms with Crippen molar-refractivity contribution in [1.29, 1.82) is 0 Å². The van der Waals surface area contributed by atoms with Crippen molar-refractivity contribution in [2.45, 2.75) is 6.92 Å². The van der Waals surface area contributed by atoms with Gasteiger partial charge in [-0.05, 0) is 36.4 Å². The lowest BCUT2D eigenvalue weighted by atomic mass is 10.3. The number of halogens is 1. The Morgan fingerprint density at radius 1 is 1.28 bits per heavy atom. The lowest BCUT2D eigenvalue weighted by molar-refractivity contribution is -0.114. The predicted molar refractivity (Wildman–Crippen MR) is 77.3 cm³/mol. The molecule has 92 valence electrons. The molecular formula is C13H11ClN2OS. The van der Waals surface area contributed by atoms with Gasteiger partial charge in [0, 0.05) is 23.7 Å². The maximum absolute atomic E-state index is 10.9. The van der Waals surface area contributed by atoms with Crippen molar-refractivity contribution in [3.8, 4) is 0 Å². The topological polar surface area (TPSA) is 41.5 Å². The highest BCUT2D eigenvalue weighted by Crippen LogP contribution is 2.21. The Morgan fingerprint density at radius 3 is 2.56 bits per heavy atom. The maximum Gasteiger partial charge on any atom is 0.221 e. The molecule has 0 bridgehead atoms. The van der Waals surface area contributed by atoms with Gasteiger partial charge in [-0.1, -0.05) is 11.6 Å². The van der Waals surface area contributed by atoms with Crippen LogP contribution >= 0.6 is 22.9 Å². The number of amides is 1. The number of carbonyl (C=O) groups is 1. The quantitative estimate of drug-likeness (QED) is 0.844. The van der Waals surface area contributed by atoms with E-state index < -0.39 is 0 Å². The van der Waals surface area contributed by atoms with E-state index in [1.54, 1.807) is 6.21 Å². The molecule has 1 aromatic carbocycles. The van der Waals surface area contributed by atoms with E-state index in [-0.39, 0.29) is 5.91 Å². The molecule has 2 rings (SSSR count). The van der Waals surface area contributed by atoms with Crippen molar-refractivity contribution in [2.75, 3.05) is 5.32 Å². The zero-order valence-electron chi connectivity index (χ0n) is 9.68. The number of hydrogen-bond donors (Lipinski definition) is 1. The van der Waals surface area contributed by atoms with Gasteiger partial charge in [-0.3, -0.25) is 9.79 Å². The molecule has 0 aliphatic carbocycles. The van der Waals surface area contributed by atoms with Gasteiger partial charge in [0.2, 0.25) is 5.91 Å². The summed E-state index contributed by atoms with van der Waals surface area (Å²) in [4.78, 5) is 16.2. The van der Waals surface area contributed by atoms with Crippen molar-refractivity contribution < 1.29 is 4.79 Å². The molecule has 0 saturated carbocycles. The fourth-order valence-corrected chi connectivity index (χ4v) is 2.30. The minimum Gasteiger partial charge on any atom is -0.326 e. The van der Waals surface area contributed by atoms with E-state index in [1.165, 1.54) is 18.3 Å². The summed E-state index contributed by atoms with van der Waals surface area (Å²) in [5.41, 5.74) is 1.59. The van der Waals surface area contributed by atoms with Crippen LogP contribution in [0.25, 0.3) is 0 Å². The number of anilines is 1. The van der Waals surface area contributed by atoms with Crippen molar-refractivity contribution in [3.63, 3.8) is 0 Å². The molecule has 0 unspecified atom stereocenters. The van der Waals surface area contributed by atoms with Crippen molar-refractivity contribution in [1.82, 2.24) is 0 Å². The highest BCUT2D eigenvalue weighted by Gasteiger charge is 1.96. The number of benzene rings is 1. The lowest BCUT2D eigenvalue weighted by Crippen LogP contribution is -2.04. The highest BCUT2D eigenvalue weighted by atomic mass is 35.5. The summed E-state index contributed by atoms with van der Waals surface area (Å²) in [7, 11) is 0. The molecule has 1 N–H and O–H groups in total. The van der Waals surface area contributed by atoms with E-state index in [1.807, 2.05) is 36.4 Å². The highest BCUT2D eigenvalue weighted by molar-refractivity contribution is 7.17. The Bertz CT molecular complexity index is 575. The molecule has 1 heterocycles. The fourth-order valence-electron chi connectivity index (χ4n) is 1.37. The van der Waals surface area contributed by atoms with E-state index in [0.29, 0.717) is 0 Å². The third-order valence-corrected chi connectivity index (χ3v) is 3.29. The number of rotatable bonds is 3. The van der Waals surface area contributed by atoms with Crippen LogP contribution in [0.4, 0.5) is 11.4 Å². The van der Waals surface area contributed by atoms with Crippen LogP contribution in [-0.2, 0) is 4.79 Å². The summed E-state index contributed by atoms with van der Waals surface area (Å²) in [6.07, 6.45) is 1.77. The Hall–Kier alpha value is -1.65. The summed E-state index contributed by atoms with van der Waals surface area (Å²) >= 11 is 7.31. The van der Waals surface area contributed by atoms with Gasteiger partial charge in [0.25, 0.3) is 0 Å². The van der Waals surface area contributed by atoms with E-state index in [9.17, 15) is 4.79 Å². The van der Waals surface area contributed by atoms with Gasteiger partial charge in [0.15, 0.2) is 0 Å². The number of thiophene rings is 1. The zero-order chi connectivity index (χ0) is 13.0. The number of nitrogens with one attached hydrogen (secondary N) is 1. The van der Waals surface area contributed by atoms with E-state index in [0.717, 1.165) is 20.6 Å². The van der Waals surface area contributed by atoms with Crippen LogP contribution in [0.2, 0.25) is 4.34 Å². The van der Waals surface area contributed by atoms with Crippen LogP contribution < -0.4 is 5.32 Å². The van der Waals surface area contributed by atoms with Crippen LogP contribution in [-0.4, -0.2) is 12.1 Å². The van der Waals surface area contributed by atoms with Gasteiger partial charge >= 0.3 is 0 Å². The number of carbonyl (C=O) groups excluding carboxylic acids is 1. The molecule has 0 atom stereocenters. The fraction of sp³-hybridized carbons (Fsp3) is 0.0769. The van der Waals surface area contributed by atoms with Crippen molar-refractivity contribution >= 4 is 46.4 Å². The average Bonchev–Trinajstić information content (AvgIpc) is 2.74. The first kappa shape index (κ1) is 12.8. The van der Waals surface area contributed by atoms with Gasteiger partial charge in [-0.25, -0.2) is 0 Å². The monoisotopic (exact) mass is 278 g/mol. The maximum atomic E-state index is 10.9. The average molecular weight is 279 g/mol. The predicted octanol–water partition coefficient (Wildman–Crippen LogP) is 4.11. The van der Waals surface area contributed by atoms with E-state index >= 15 is 0 Å². The second-order valence-corrected chi connectivity index (χ2v) is 5.37. The second-order valence-electron chi connectivity index (χ2n) is 3.63. The molecule has 0 saturated heterocycles. The van der Waals surface area contributed by atoms with Crippen molar-refractivity contribution in [3.05, 3.63) is 45.6 Å². The molecule has 2 aromatic rings. The second kappa shape index (κ2) is 5.80. The zero-order valence-corrected chi connectivity index (χ0v) is 11.3. The molecule has 1 amide bonds. The molecule has 1 aromatic heterocycles. The standard InChI is InChI=1S/C13H11ClN2OS/c1-9(17)16-11-4-2-10(3-5-11)15-8-12-6-7-13(14)18-12/h2-8H,1H3,(H,16,17). The molecular weight excluding hydrogens is 268 g/mol. The van der Waals surface area contributed by atoms with Crippen LogP contribution in [0, 0.1) is 0 Å². The van der Waals surface area contributed by atoms with Crippen LogP contribution in [0.5, 0.6) is 0 Å². The van der Waals surface area contributed by atoms with E-state index in [4.69, 9.17) is 11.6 Å². The molecule has 0 spiro atoms. The third kappa shape index (κ3) is 3.68. The minimum atomic E-state index is -0.0838. The summed E-state index contributed by atoms with van der Waals surface area (Å²) in [6.45, 7) is 1.48. The summed E-state index contributed by atoms with van der Waals surface area (Å²) in [5.74, 6) is -0.0838. The molecule has 0 aliphatic heterocycles. The Balaban J connectivity index is 2.06. The Morgan fingerprint density at radius 2 is 2.00 bits per heavy atom. The van der Waals surface area contributed by atoms with Gasteiger partial charge in [-0.2, -0.15) is 0 Å². The Kier molecular flexibility index (Phi) is 4.12. The SMILES string of the molecule is CC(=O)Nc1ccc(N=Cc2ccc(Cl)s2)cc1. The van der Waals surface area contributed by atoms with Gasteiger partial charge in [-0.15, -0.1) is 11.3 Å². The smallest absolute Gasteiger partial charge is 0.221 e. The minimum absolute atomic E-state index is 0.0838. The van der Waals surface area contributed by atoms with Crippen LogP contribution in [0.3, 0.4) is 0 Å². The van der Waals surface area contributed by atoms with Crippen molar-refractivity contribution in [2.24, 2.45) is 4.99 Å². The number of nitrogens with zero attached hydrogens (tertiary/aromatic N) is 1. The third-order valence-electron chi connectivity index (χ3n) is 2.12. The normalized spacial score (nSPS) is 10.8. The summed E-state index contributed by atoms with van der Waals surface area (Å²) in [6, 6.07) is 11.1. The number of aliphatic imine (C=N–C) groups is 1. The summed E-state index contributed by atoms with van der Waals surface area (Å²) in [5, 5.41) is 2.70. The first-order valence-electron chi connectivity index (χ1n) is 5.30. The first-order chi connectivity index (χ1) is 8.63. The molecule has 18 heavy (non-hydrogen) atoms. The summed E-state index contributed by atoms with van der Waals surface area (Å²) < 4.78 is 0.748. The lowest BCUT2D eigenvalue weighted by Gasteiger charge is -2.01. The molecule has 5 heteroatoms. The molecule has 3 nitrogen and oxygen atoms in total.